The van der Waals surface area contributed by atoms with Crippen molar-refractivity contribution in [2.24, 2.45) is 5.92 Å². The Bertz CT molecular complexity index is 945. The molecule has 27 heavy (non-hydrogen) atoms. The van der Waals surface area contributed by atoms with Crippen LogP contribution in [0.15, 0.2) is 36.4 Å². The lowest BCUT2D eigenvalue weighted by Gasteiger charge is -2.18. The van der Waals surface area contributed by atoms with Crippen LogP contribution in [0.5, 0.6) is 0 Å². The zero-order valence-electron chi connectivity index (χ0n) is 14.9. The zero-order chi connectivity index (χ0) is 19.7. The third kappa shape index (κ3) is 3.93. The van der Waals surface area contributed by atoms with E-state index in [4.69, 9.17) is 11.6 Å². The Morgan fingerprint density at radius 1 is 1.22 bits per heavy atom. The molecular weight excluding hydrogens is 370 g/mol. The second kappa shape index (κ2) is 7.36. The molecule has 140 valence electrons. The molecule has 2 aromatic rings. The van der Waals surface area contributed by atoms with E-state index in [-0.39, 0.29) is 41.2 Å². The van der Waals surface area contributed by atoms with Crippen LogP contribution >= 0.6 is 11.6 Å². The van der Waals surface area contributed by atoms with Crippen LogP contribution in [0, 0.1) is 29.9 Å². The Kier molecular flexibility index (Phi) is 5.14. The summed E-state index contributed by atoms with van der Waals surface area (Å²) in [5, 5.41) is 13.6. The number of benzene rings is 2. The summed E-state index contributed by atoms with van der Waals surface area (Å²) in [6, 6.07) is 9.79. The molecule has 1 heterocycles. The number of nitro benzene ring substituents is 1. The van der Waals surface area contributed by atoms with Gasteiger partial charge in [0.2, 0.25) is 11.8 Å². The molecule has 1 fully saturated rings. The normalized spacial score (nSPS) is 16.5. The number of carbonyl (C=O) groups excluding carboxylic acids is 2. The highest BCUT2D eigenvalue weighted by Gasteiger charge is 2.35. The molecule has 1 aliphatic rings. The monoisotopic (exact) mass is 387 g/mol. The molecule has 0 aromatic heterocycles. The van der Waals surface area contributed by atoms with Crippen molar-refractivity contribution >= 4 is 40.5 Å². The molecule has 1 N–H and O–H groups in total. The SMILES string of the molecule is Cc1ccc(N2C[C@H](C(=O)Nc3ccc(Cl)c([N+](=O)[O-])c3)CC2=O)cc1C. The second-order valence-corrected chi connectivity index (χ2v) is 6.99. The number of carbonyl (C=O) groups is 2. The Labute approximate surface area is 161 Å². The minimum atomic E-state index is -0.613. The molecule has 1 aliphatic heterocycles. The maximum absolute atomic E-state index is 12.5. The van der Waals surface area contributed by atoms with Crippen LogP contribution in [0.2, 0.25) is 5.02 Å². The Morgan fingerprint density at radius 3 is 2.63 bits per heavy atom. The van der Waals surface area contributed by atoms with E-state index in [9.17, 15) is 19.7 Å². The number of rotatable bonds is 4. The summed E-state index contributed by atoms with van der Waals surface area (Å²) >= 11 is 5.78. The van der Waals surface area contributed by atoms with Crippen molar-refractivity contribution in [3.8, 4) is 0 Å². The average Bonchev–Trinajstić information content (AvgIpc) is 3.00. The van der Waals surface area contributed by atoms with Gasteiger partial charge in [-0.25, -0.2) is 0 Å². The van der Waals surface area contributed by atoms with Gasteiger partial charge in [-0.05, 0) is 49.2 Å². The number of hydrogen-bond donors (Lipinski definition) is 1. The molecule has 8 heteroatoms. The molecule has 0 radical (unpaired) electrons. The highest BCUT2D eigenvalue weighted by molar-refractivity contribution is 6.32. The van der Waals surface area contributed by atoms with Gasteiger partial charge in [-0.2, -0.15) is 0 Å². The van der Waals surface area contributed by atoms with E-state index in [1.54, 1.807) is 4.90 Å². The number of halogens is 1. The van der Waals surface area contributed by atoms with Crippen molar-refractivity contribution in [1.82, 2.24) is 0 Å². The lowest BCUT2D eigenvalue weighted by molar-refractivity contribution is -0.384. The van der Waals surface area contributed by atoms with Gasteiger partial charge in [0.25, 0.3) is 5.69 Å². The topological polar surface area (TPSA) is 92.6 Å². The molecule has 2 amide bonds. The van der Waals surface area contributed by atoms with Crippen molar-refractivity contribution in [3.05, 3.63) is 62.7 Å². The molecule has 0 saturated carbocycles. The summed E-state index contributed by atoms with van der Waals surface area (Å²) < 4.78 is 0. The molecule has 7 nitrogen and oxygen atoms in total. The molecule has 3 rings (SSSR count). The first-order valence-corrected chi connectivity index (χ1v) is 8.76. The van der Waals surface area contributed by atoms with Gasteiger partial charge in [0.15, 0.2) is 0 Å². The molecule has 0 bridgehead atoms. The quantitative estimate of drug-likeness (QED) is 0.636. The van der Waals surface area contributed by atoms with Gasteiger partial charge in [-0.1, -0.05) is 17.7 Å². The summed E-state index contributed by atoms with van der Waals surface area (Å²) in [5.41, 5.74) is 2.95. The second-order valence-electron chi connectivity index (χ2n) is 6.59. The minimum absolute atomic E-state index is 0.00467. The highest BCUT2D eigenvalue weighted by Crippen LogP contribution is 2.30. The van der Waals surface area contributed by atoms with Crippen LogP contribution in [0.25, 0.3) is 0 Å². The zero-order valence-corrected chi connectivity index (χ0v) is 15.6. The average molecular weight is 388 g/mol. The first kappa shape index (κ1) is 18.8. The van der Waals surface area contributed by atoms with E-state index in [2.05, 4.69) is 5.32 Å². The number of nitrogens with one attached hydrogen (secondary N) is 1. The van der Waals surface area contributed by atoms with Crippen LogP contribution in [-0.2, 0) is 9.59 Å². The summed E-state index contributed by atoms with van der Waals surface area (Å²) in [6.45, 7) is 4.23. The summed E-state index contributed by atoms with van der Waals surface area (Å²) in [4.78, 5) is 36.8. The van der Waals surface area contributed by atoms with Crippen LogP contribution < -0.4 is 10.2 Å². The molecular formula is C19H18ClN3O4. The van der Waals surface area contributed by atoms with Crippen molar-refractivity contribution in [2.75, 3.05) is 16.8 Å². The fourth-order valence-corrected chi connectivity index (χ4v) is 3.19. The van der Waals surface area contributed by atoms with Crippen LogP contribution in [0.1, 0.15) is 17.5 Å². The maximum atomic E-state index is 12.5. The van der Waals surface area contributed by atoms with Crippen molar-refractivity contribution in [1.29, 1.82) is 0 Å². The van der Waals surface area contributed by atoms with Gasteiger partial charge >= 0.3 is 0 Å². The number of anilines is 2. The predicted molar refractivity (Wildman–Crippen MR) is 103 cm³/mol. The van der Waals surface area contributed by atoms with Crippen LogP contribution in [-0.4, -0.2) is 23.3 Å². The molecule has 1 atom stereocenters. The van der Waals surface area contributed by atoms with Gasteiger partial charge in [0, 0.05) is 30.4 Å². The van der Waals surface area contributed by atoms with E-state index in [1.807, 2.05) is 32.0 Å². The minimum Gasteiger partial charge on any atom is -0.326 e. The van der Waals surface area contributed by atoms with Gasteiger partial charge in [0.1, 0.15) is 5.02 Å². The van der Waals surface area contributed by atoms with E-state index in [0.29, 0.717) is 0 Å². The third-order valence-corrected chi connectivity index (χ3v) is 5.03. The largest absolute Gasteiger partial charge is 0.326 e. The van der Waals surface area contributed by atoms with E-state index < -0.39 is 10.8 Å². The van der Waals surface area contributed by atoms with Gasteiger partial charge < -0.3 is 10.2 Å². The van der Waals surface area contributed by atoms with Gasteiger partial charge in [-0.3, -0.25) is 19.7 Å². The van der Waals surface area contributed by atoms with Crippen LogP contribution in [0.4, 0.5) is 17.1 Å². The number of nitrogens with zero attached hydrogens (tertiary/aromatic N) is 2. The van der Waals surface area contributed by atoms with E-state index in [0.717, 1.165) is 16.8 Å². The standard InChI is InChI=1S/C19H18ClN3O4/c1-11-3-5-15(7-12(11)2)22-10-13(8-18(22)24)19(25)21-14-4-6-16(20)17(9-14)23(26)27/h3-7,9,13H,8,10H2,1-2H3,(H,21,25)/t13-/m1/s1. The summed E-state index contributed by atoms with van der Waals surface area (Å²) in [6.07, 6.45) is 0.0917. The number of aryl methyl sites for hydroxylation is 2. The third-order valence-electron chi connectivity index (χ3n) is 4.71. The Morgan fingerprint density at radius 2 is 1.96 bits per heavy atom. The van der Waals surface area contributed by atoms with E-state index in [1.165, 1.54) is 18.2 Å². The van der Waals surface area contributed by atoms with Crippen molar-refractivity contribution in [3.63, 3.8) is 0 Å². The molecule has 0 unspecified atom stereocenters. The van der Waals surface area contributed by atoms with Gasteiger partial charge in [0.05, 0.1) is 10.8 Å². The predicted octanol–water partition coefficient (Wildman–Crippen LogP) is 3.86. The maximum Gasteiger partial charge on any atom is 0.289 e. The Hall–Kier alpha value is -2.93. The Balaban J connectivity index is 1.73. The van der Waals surface area contributed by atoms with E-state index >= 15 is 0 Å². The lowest BCUT2D eigenvalue weighted by Crippen LogP contribution is -2.28. The number of amides is 2. The van der Waals surface area contributed by atoms with Gasteiger partial charge in [-0.15, -0.1) is 0 Å². The lowest BCUT2D eigenvalue weighted by atomic mass is 10.1. The first-order valence-electron chi connectivity index (χ1n) is 8.38. The molecule has 1 saturated heterocycles. The highest BCUT2D eigenvalue weighted by atomic mass is 35.5. The number of hydrogen-bond acceptors (Lipinski definition) is 4. The molecule has 0 spiro atoms. The number of nitro groups is 1. The van der Waals surface area contributed by atoms with Crippen molar-refractivity contribution in [2.45, 2.75) is 20.3 Å². The molecule has 2 aromatic carbocycles. The smallest absolute Gasteiger partial charge is 0.289 e. The van der Waals surface area contributed by atoms with Crippen molar-refractivity contribution < 1.29 is 14.5 Å². The summed E-state index contributed by atoms with van der Waals surface area (Å²) in [5.74, 6) is -1.01. The fraction of sp³-hybridized carbons (Fsp3) is 0.263. The molecule has 0 aliphatic carbocycles. The fourth-order valence-electron chi connectivity index (χ4n) is 3.00. The van der Waals surface area contributed by atoms with Crippen LogP contribution in [0.3, 0.4) is 0 Å². The first-order chi connectivity index (χ1) is 12.8. The summed E-state index contributed by atoms with van der Waals surface area (Å²) in [7, 11) is 0.